The molecule has 124 valence electrons. The Labute approximate surface area is 153 Å². The molecular weight excluding hydrogens is 446 g/mol. The Morgan fingerprint density at radius 1 is 1.17 bits per heavy atom. The van der Waals surface area contributed by atoms with Crippen LogP contribution in [0.5, 0.6) is 5.75 Å². The number of allylic oxidation sites excluding steroid dienone is 1. The average Bonchev–Trinajstić information content (AvgIpc) is 2.55. The molecule has 2 aromatic carbocycles. The van der Waals surface area contributed by atoms with Gasteiger partial charge in [-0.15, -0.1) is 0 Å². The number of carbonyl (C=O) groups excluding carboxylic acids is 1. The highest BCUT2D eigenvalue weighted by Crippen LogP contribution is 2.44. The zero-order chi connectivity index (χ0) is 17.3. The SMILES string of the molecule is O=CC1C(I)=C(c2ccc(C[SH](=O)=O)cc2)Oc2ccc(F)cc21. The van der Waals surface area contributed by atoms with E-state index in [1.54, 1.807) is 24.3 Å². The summed E-state index contributed by atoms with van der Waals surface area (Å²) in [5.74, 6) is -0.0737. The fourth-order valence-electron chi connectivity index (χ4n) is 2.53. The Hall–Kier alpha value is -1.74. The molecular formula is C17H12FIO4S. The Bertz CT molecular complexity index is 895. The van der Waals surface area contributed by atoms with Crippen molar-refractivity contribution in [2.24, 2.45) is 0 Å². The van der Waals surface area contributed by atoms with Crippen LogP contribution in [0, 0.1) is 5.82 Å². The lowest BCUT2D eigenvalue weighted by Gasteiger charge is -2.25. The minimum atomic E-state index is -2.48. The van der Waals surface area contributed by atoms with Crippen molar-refractivity contribution in [3.63, 3.8) is 0 Å². The summed E-state index contributed by atoms with van der Waals surface area (Å²) in [6.45, 7) is 0. The zero-order valence-corrected chi connectivity index (χ0v) is 15.3. The van der Waals surface area contributed by atoms with Gasteiger partial charge in [0.25, 0.3) is 0 Å². The summed E-state index contributed by atoms with van der Waals surface area (Å²) in [7, 11) is -2.48. The number of thiol groups is 1. The number of benzene rings is 2. The Morgan fingerprint density at radius 2 is 1.88 bits per heavy atom. The van der Waals surface area contributed by atoms with Crippen LogP contribution in [0.15, 0.2) is 46.0 Å². The fraction of sp³-hybridized carbons (Fsp3) is 0.118. The predicted octanol–water partition coefficient (Wildman–Crippen LogP) is 3.42. The Morgan fingerprint density at radius 3 is 2.50 bits per heavy atom. The highest BCUT2D eigenvalue weighted by molar-refractivity contribution is 14.1. The molecule has 7 heteroatoms. The van der Waals surface area contributed by atoms with E-state index in [0.29, 0.717) is 26.2 Å². The maximum atomic E-state index is 13.5. The molecule has 24 heavy (non-hydrogen) atoms. The highest BCUT2D eigenvalue weighted by Gasteiger charge is 2.29. The summed E-state index contributed by atoms with van der Waals surface area (Å²) in [5, 5.41) is 0. The molecule has 0 aromatic heterocycles. The fourth-order valence-corrected chi connectivity index (χ4v) is 3.94. The molecule has 0 amide bonds. The van der Waals surface area contributed by atoms with Crippen molar-refractivity contribution in [3.8, 4) is 5.75 Å². The maximum absolute atomic E-state index is 13.5. The summed E-state index contributed by atoms with van der Waals surface area (Å²) in [4.78, 5) is 11.5. The first-order valence-corrected chi connectivity index (χ1v) is 9.47. The maximum Gasteiger partial charge on any atom is 0.144 e. The molecule has 4 nitrogen and oxygen atoms in total. The summed E-state index contributed by atoms with van der Waals surface area (Å²) in [6, 6.07) is 11.0. The van der Waals surface area contributed by atoms with Gasteiger partial charge in [0.15, 0.2) is 0 Å². The van der Waals surface area contributed by atoms with Gasteiger partial charge < -0.3 is 9.53 Å². The highest BCUT2D eigenvalue weighted by atomic mass is 127. The first-order valence-electron chi connectivity index (χ1n) is 7.03. The van der Waals surface area contributed by atoms with Gasteiger partial charge in [-0.3, -0.25) is 0 Å². The number of fused-ring (bicyclic) bond motifs is 1. The van der Waals surface area contributed by atoms with Crippen LogP contribution in [0.1, 0.15) is 22.6 Å². The molecule has 0 fully saturated rings. The molecule has 0 N–H and O–H groups in total. The van der Waals surface area contributed by atoms with Crippen molar-refractivity contribution in [1.29, 1.82) is 0 Å². The van der Waals surface area contributed by atoms with E-state index >= 15 is 0 Å². The largest absolute Gasteiger partial charge is 0.456 e. The van der Waals surface area contributed by atoms with Crippen LogP contribution < -0.4 is 4.74 Å². The topological polar surface area (TPSA) is 60.4 Å². The van der Waals surface area contributed by atoms with Crippen molar-refractivity contribution in [3.05, 3.63) is 68.6 Å². The van der Waals surface area contributed by atoms with Crippen molar-refractivity contribution in [2.75, 3.05) is 0 Å². The minimum Gasteiger partial charge on any atom is -0.456 e. The van der Waals surface area contributed by atoms with E-state index in [1.165, 1.54) is 18.2 Å². The second kappa shape index (κ2) is 7.02. The van der Waals surface area contributed by atoms with Crippen LogP contribution in [0.2, 0.25) is 0 Å². The predicted molar refractivity (Wildman–Crippen MR) is 97.2 cm³/mol. The zero-order valence-electron chi connectivity index (χ0n) is 12.2. The number of aldehydes is 1. The van der Waals surface area contributed by atoms with Gasteiger partial charge >= 0.3 is 0 Å². The van der Waals surface area contributed by atoms with E-state index in [9.17, 15) is 17.6 Å². The van der Waals surface area contributed by atoms with Crippen LogP contribution in [0.3, 0.4) is 0 Å². The number of rotatable bonds is 4. The third-order valence-corrected chi connectivity index (χ3v) is 5.46. The molecule has 0 radical (unpaired) electrons. The third-order valence-electron chi connectivity index (χ3n) is 3.67. The van der Waals surface area contributed by atoms with Gasteiger partial charge in [0, 0.05) is 14.7 Å². The molecule has 1 heterocycles. The first-order chi connectivity index (χ1) is 11.5. The van der Waals surface area contributed by atoms with E-state index in [1.807, 2.05) is 22.6 Å². The molecule has 1 aliphatic heterocycles. The summed E-state index contributed by atoms with van der Waals surface area (Å²) in [6.07, 6.45) is 0.763. The van der Waals surface area contributed by atoms with E-state index in [2.05, 4.69) is 0 Å². The van der Waals surface area contributed by atoms with E-state index in [-0.39, 0.29) is 5.75 Å². The molecule has 0 aliphatic carbocycles. The van der Waals surface area contributed by atoms with Crippen LogP contribution in [0.4, 0.5) is 4.39 Å². The van der Waals surface area contributed by atoms with Crippen LogP contribution in [0.25, 0.3) is 5.76 Å². The summed E-state index contributed by atoms with van der Waals surface area (Å²) in [5.41, 5.74) is 1.90. The van der Waals surface area contributed by atoms with Gasteiger partial charge in [0.05, 0.1) is 11.7 Å². The number of carbonyl (C=O) groups is 1. The monoisotopic (exact) mass is 458 g/mol. The van der Waals surface area contributed by atoms with Crippen molar-refractivity contribution >= 4 is 45.3 Å². The Balaban J connectivity index is 2.01. The van der Waals surface area contributed by atoms with Crippen molar-refractivity contribution in [1.82, 2.24) is 0 Å². The summed E-state index contributed by atoms with van der Waals surface area (Å²) >= 11 is 2.03. The van der Waals surface area contributed by atoms with Crippen LogP contribution in [-0.4, -0.2) is 14.7 Å². The molecule has 1 unspecified atom stereocenters. The normalized spacial score (nSPS) is 16.7. The molecule has 0 bridgehead atoms. The van der Waals surface area contributed by atoms with Crippen LogP contribution in [-0.2, 0) is 21.3 Å². The first kappa shape index (κ1) is 17.1. The van der Waals surface area contributed by atoms with E-state index in [0.717, 1.165) is 11.8 Å². The van der Waals surface area contributed by atoms with Gasteiger partial charge in [-0.25, -0.2) is 12.8 Å². The molecule has 0 saturated heterocycles. The molecule has 0 saturated carbocycles. The van der Waals surface area contributed by atoms with Gasteiger partial charge in [-0.1, -0.05) is 24.3 Å². The average molecular weight is 458 g/mol. The molecule has 0 spiro atoms. The van der Waals surface area contributed by atoms with Gasteiger partial charge in [-0.2, -0.15) is 0 Å². The standard InChI is InChI=1S/C17H12FIO4S/c18-12-5-6-15-13(7-12)14(8-20)16(19)17(23-15)11-3-1-10(2-4-11)9-24(21)22/h1-8,14,24H,9H2. The molecule has 1 atom stereocenters. The molecule has 3 rings (SSSR count). The molecule has 1 aliphatic rings. The van der Waals surface area contributed by atoms with Crippen molar-refractivity contribution < 1.29 is 22.3 Å². The van der Waals surface area contributed by atoms with Gasteiger partial charge in [-0.05, 0) is 46.4 Å². The quantitative estimate of drug-likeness (QED) is 0.434. The smallest absolute Gasteiger partial charge is 0.144 e. The lowest BCUT2D eigenvalue weighted by molar-refractivity contribution is -0.108. The number of hydrogen-bond donors (Lipinski definition) is 1. The summed E-state index contributed by atoms with van der Waals surface area (Å²) < 4.78 is 41.6. The molecule has 2 aromatic rings. The lowest BCUT2D eigenvalue weighted by atomic mass is 9.95. The Kier molecular flexibility index (Phi) is 5.00. The number of ether oxygens (including phenoxy) is 1. The number of halogens is 2. The lowest BCUT2D eigenvalue weighted by Crippen LogP contribution is -2.13. The minimum absolute atomic E-state index is 0.0221. The van der Waals surface area contributed by atoms with Crippen molar-refractivity contribution in [2.45, 2.75) is 11.7 Å². The van der Waals surface area contributed by atoms with E-state index < -0.39 is 22.4 Å². The second-order valence-electron chi connectivity index (χ2n) is 5.26. The number of hydrogen-bond acceptors (Lipinski definition) is 4. The third kappa shape index (κ3) is 3.36. The van der Waals surface area contributed by atoms with Gasteiger partial charge in [0.1, 0.15) is 34.3 Å². The van der Waals surface area contributed by atoms with E-state index in [4.69, 9.17) is 4.74 Å². The van der Waals surface area contributed by atoms with Crippen LogP contribution >= 0.6 is 22.6 Å². The second-order valence-corrected chi connectivity index (χ2v) is 7.41. The van der Waals surface area contributed by atoms with Gasteiger partial charge in [0.2, 0.25) is 0 Å².